The minimum Gasteiger partial charge on any atom is -0.481 e. The molecule has 0 bridgehead atoms. The summed E-state index contributed by atoms with van der Waals surface area (Å²) in [5.41, 5.74) is 2.16. The second kappa shape index (κ2) is 8.71. The highest BCUT2D eigenvalue weighted by Gasteiger charge is 2.20. The fraction of sp³-hybridized carbons (Fsp3) is 0.364. The Hall–Kier alpha value is -2.82. The van der Waals surface area contributed by atoms with Crippen LogP contribution in [-0.4, -0.2) is 25.1 Å². The van der Waals surface area contributed by atoms with Crippen molar-refractivity contribution in [3.05, 3.63) is 59.7 Å². The number of benzene rings is 2. The smallest absolute Gasteiger partial charge is 0.337 e. The van der Waals surface area contributed by atoms with Crippen LogP contribution in [0, 0.1) is 0 Å². The number of esters is 1. The van der Waals surface area contributed by atoms with Crippen molar-refractivity contribution in [3.8, 4) is 5.75 Å². The van der Waals surface area contributed by atoms with Gasteiger partial charge in [-0.25, -0.2) is 4.79 Å². The molecule has 0 saturated heterocycles. The van der Waals surface area contributed by atoms with Gasteiger partial charge in [-0.3, -0.25) is 4.79 Å². The lowest BCUT2D eigenvalue weighted by atomic mass is 9.87. The van der Waals surface area contributed by atoms with Crippen LogP contribution < -0.4 is 10.1 Å². The van der Waals surface area contributed by atoms with Crippen LogP contribution in [0.1, 0.15) is 50.0 Å². The molecule has 27 heavy (non-hydrogen) atoms. The van der Waals surface area contributed by atoms with Crippen LogP contribution in [0.4, 0.5) is 5.69 Å². The van der Waals surface area contributed by atoms with E-state index in [1.165, 1.54) is 12.7 Å². The van der Waals surface area contributed by atoms with Crippen LogP contribution in [0.25, 0.3) is 0 Å². The zero-order valence-corrected chi connectivity index (χ0v) is 16.5. The van der Waals surface area contributed by atoms with Gasteiger partial charge in [0, 0.05) is 5.69 Å². The Morgan fingerprint density at radius 1 is 1.07 bits per heavy atom. The maximum atomic E-state index is 12.6. The van der Waals surface area contributed by atoms with E-state index in [2.05, 4.69) is 26.1 Å². The Morgan fingerprint density at radius 3 is 2.30 bits per heavy atom. The van der Waals surface area contributed by atoms with E-state index in [1.54, 1.807) is 24.3 Å². The van der Waals surface area contributed by atoms with Crippen LogP contribution in [0.3, 0.4) is 0 Å². The Kier molecular flexibility index (Phi) is 6.61. The molecular weight excluding hydrogens is 342 g/mol. The van der Waals surface area contributed by atoms with Crippen molar-refractivity contribution in [1.29, 1.82) is 0 Å². The first kappa shape index (κ1) is 20.5. The summed E-state index contributed by atoms with van der Waals surface area (Å²) in [5, 5.41) is 2.80. The van der Waals surface area contributed by atoms with E-state index in [0.29, 0.717) is 23.4 Å². The van der Waals surface area contributed by atoms with Crippen LogP contribution >= 0.6 is 0 Å². The van der Waals surface area contributed by atoms with Crippen LogP contribution in [0.15, 0.2) is 48.5 Å². The molecule has 5 nitrogen and oxygen atoms in total. The van der Waals surface area contributed by atoms with E-state index in [9.17, 15) is 9.59 Å². The third kappa shape index (κ3) is 5.58. The number of carbonyl (C=O) groups excluding carboxylic acids is 2. The normalized spacial score (nSPS) is 12.2. The molecule has 5 heteroatoms. The summed E-state index contributed by atoms with van der Waals surface area (Å²) in [6.45, 7) is 8.33. The zero-order chi connectivity index (χ0) is 20.0. The van der Waals surface area contributed by atoms with Gasteiger partial charge in [-0.05, 0) is 47.7 Å². The standard InChI is InChI=1S/C22H27NO4/c1-6-19(27-18-12-10-16(11-13-18)22(2,3)4)20(24)23-17-9-7-8-15(14-17)21(25)26-5/h7-14,19H,6H2,1-5H3,(H,23,24)/t19-/m0/s1. The average Bonchev–Trinajstić information content (AvgIpc) is 2.65. The molecular formula is C22H27NO4. The molecule has 0 unspecified atom stereocenters. The number of methoxy groups -OCH3 is 1. The SMILES string of the molecule is CC[C@H](Oc1ccc(C(C)(C)C)cc1)C(=O)Nc1cccc(C(=O)OC)c1. The van der Waals surface area contributed by atoms with Gasteiger partial charge in [-0.1, -0.05) is 45.9 Å². The minimum absolute atomic E-state index is 0.0602. The molecule has 0 spiro atoms. The summed E-state index contributed by atoms with van der Waals surface area (Å²) in [6, 6.07) is 14.4. The van der Waals surface area contributed by atoms with Gasteiger partial charge in [0.15, 0.2) is 6.10 Å². The van der Waals surface area contributed by atoms with Gasteiger partial charge >= 0.3 is 5.97 Å². The van der Waals surface area contributed by atoms with Gasteiger partial charge in [0.05, 0.1) is 12.7 Å². The van der Waals surface area contributed by atoms with E-state index in [4.69, 9.17) is 9.47 Å². The number of rotatable bonds is 6. The summed E-state index contributed by atoms with van der Waals surface area (Å²) >= 11 is 0. The molecule has 0 aliphatic carbocycles. The molecule has 0 radical (unpaired) electrons. The fourth-order valence-corrected chi connectivity index (χ4v) is 2.58. The third-order valence-electron chi connectivity index (χ3n) is 4.21. The Morgan fingerprint density at radius 2 is 1.74 bits per heavy atom. The number of hydrogen-bond acceptors (Lipinski definition) is 4. The average molecular weight is 369 g/mol. The van der Waals surface area contributed by atoms with Crippen molar-refractivity contribution < 1.29 is 19.1 Å². The van der Waals surface area contributed by atoms with E-state index in [1.807, 2.05) is 31.2 Å². The Bertz CT molecular complexity index is 791. The van der Waals surface area contributed by atoms with Crippen molar-refractivity contribution in [3.63, 3.8) is 0 Å². The van der Waals surface area contributed by atoms with Gasteiger partial charge in [-0.15, -0.1) is 0 Å². The second-order valence-electron chi connectivity index (χ2n) is 7.35. The molecule has 1 N–H and O–H groups in total. The maximum Gasteiger partial charge on any atom is 0.337 e. The summed E-state index contributed by atoms with van der Waals surface area (Å²) in [4.78, 5) is 24.2. The molecule has 2 aromatic rings. The number of ether oxygens (including phenoxy) is 2. The number of carbonyl (C=O) groups is 2. The molecule has 2 rings (SSSR count). The topological polar surface area (TPSA) is 64.6 Å². The van der Waals surface area contributed by atoms with Crippen molar-refractivity contribution in [2.24, 2.45) is 0 Å². The van der Waals surface area contributed by atoms with Crippen LogP contribution in [-0.2, 0) is 14.9 Å². The van der Waals surface area contributed by atoms with Gasteiger partial charge in [0.2, 0.25) is 0 Å². The number of amides is 1. The highest BCUT2D eigenvalue weighted by molar-refractivity contribution is 5.96. The minimum atomic E-state index is -0.632. The summed E-state index contributed by atoms with van der Waals surface area (Å²) in [5.74, 6) is -0.0685. The zero-order valence-electron chi connectivity index (χ0n) is 16.5. The molecule has 0 heterocycles. The number of anilines is 1. The predicted octanol–water partition coefficient (Wildman–Crippen LogP) is 4.57. The fourth-order valence-electron chi connectivity index (χ4n) is 2.58. The van der Waals surface area contributed by atoms with Gasteiger partial charge < -0.3 is 14.8 Å². The van der Waals surface area contributed by atoms with Crippen molar-refractivity contribution in [2.75, 3.05) is 12.4 Å². The Labute approximate surface area is 160 Å². The lowest BCUT2D eigenvalue weighted by molar-refractivity contribution is -0.122. The van der Waals surface area contributed by atoms with E-state index >= 15 is 0 Å². The summed E-state index contributed by atoms with van der Waals surface area (Å²) in [7, 11) is 1.32. The molecule has 0 aromatic heterocycles. The molecule has 1 amide bonds. The molecule has 144 valence electrons. The van der Waals surface area contributed by atoms with Crippen LogP contribution in [0.5, 0.6) is 5.75 Å². The third-order valence-corrected chi connectivity index (χ3v) is 4.21. The highest BCUT2D eigenvalue weighted by atomic mass is 16.5. The van der Waals surface area contributed by atoms with E-state index in [-0.39, 0.29) is 11.3 Å². The van der Waals surface area contributed by atoms with Crippen molar-refractivity contribution >= 4 is 17.6 Å². The van der Waals surface area contributed by atoms with Gasteiger partial charge in [-0.2, -0.15) is 0 Å². The Balaban J connectivity index is 2.07. The van der Waals surface area contributed by atoms with Crippen molar-refractivity contribution in [2.45, 2.75) is 45.6 Å². The van der Waals surface area contributed by atoms with Crippen molar-refractivity contribution in [1.82, 2.24) is 0 Å². The lowest BCUT2D eigenvalue weighted by Gasteiger charge is -2.21. The molecule has 0 saturated carbocycles. The summed E-state index contributed by atoms with van der Waals surface area (Å²) in [6.07, 6.45) is -0.115. The molecule has 2 aromatic carbocycles. The number of nitrogens with one attached hydrogen (secondary N) is 1. The molecule has 0 aliphatic rings. The monoisotopic (exact) mass is 369 g/mol. The summed E-state index contributed by atoms with van der Waals surface area (Å²) < 4.78 is 10.6. The number of hydrogen-bond donors (Lipinski definition) is 1. The first-order chi connectivity index (χ1) is 12.7. The maximum absolute atomic E-state index is 12.6. The molecule has 0 fully saturated rings. The first-order valence-corrected chi connectivity index (χ1v) is 9.01. The second-order valence-corrected chi connectivity index (χ2v) is 7.35. The highest BCUT2D eigenvalue weighted by Crippen LogP contribution is 2.25. The van der Waals surface area contributed by atoms with E-state index in [0.717, 1.165) is 0 Å². The van der Waals surface area contributed by atoms with Gasteiger partial charge in [0.25, 0.3) is 5.91 Å². The van der Waals surface area contributed by atoms with Gasteiger partial charge in [0.1, 0.15) is 5.75 Å². The van der Waals surface area contributed by atoms with Crippen LogP contribution in [0.2, 0.25) is 0 Å². The predicted molar refractivity (Wildman–Crippen MR) is 106 cm³/mol. The molecule has 1 atom stereocenters. The van der Waals surface area contributed by atoms with E-state index < -0.39 is 12.1 Å². The quantitative estimate of drug-likeness (QED) is 0.758. The largest absolute Gasteiger partial charge is 0.481 e. The molecule has 0 aliphatic heterocycles. The lowest BCUT2D eigenvalue weighted by Crippen LogP contribution is -2.32. The first-order valence-electron chi connectivity index (χ1n) is 9.01.